The largest absolute Gasteiger partial charge is 0.481 e. The average Bonchev–Trinajstić information content (AvgIpc) is 3.28. The molecular weight excluding hydrogens is 921 g/mol. The van der Waals surface area contributed by atoms with Crippen LogP contribution in [0, 0.1) is 10.8 Å². The molecule has 0 spiro atoms. The third-order valence-corrected chi connectivity index (χ3v) is 11.8. The van der Waals surface area contributed by atoms with E-state index in [1.54, 1.807) is 13.8 Å². The highest BCUT2D eigenvalue weighted by atomic mass is 16.6. The Morgan fingerprint density at radius 3 is 1.18 bits per heavy atom. The second kappa shape index (κ2) is 30.6. The van der Waals surface area contributed by atoms with Crippen molar-refractivity contribution in [2.24, 2.45) is 10.8 Å². The van der Waals surface area contributed by atoms with Crippen LogP contribution in [0.4, 0.5) is 9.59 Å². The van der Waals surface area contributed by atoms with Crippen LogP contribution in [-0.4, -0.2) is 96.1 Å². The van der Waals surface area contributed by atoms with Gasteiger partial charge in [-0.1, -0.05) is 135 Å². The first-order valence-corrected chi connectivity index (χ1v) is 24.3. The number of Topliss-reactive ketones (excluding diaryl/α,β-unsaturated/α-hetero) is 2. The maximum absolute atomic E-state index is 13.3. The lowest BCUT2D eigenvalue weighted by Crippen LogP contribution is -2.40. The van der Waals surface area contributed by atoms with Crippen molar-refractivity contribution in [1.82, 2.24) is 21.3 Å². The number of nitrogens with one attached hydrogen (secondary N) is 4. The van der Waals surface area contributed by atoms with Gasteiger partial charge in [0.05, 0.1) is 12.8 Å². The molecule has 2 unspecified atom stereocenters. The number of hydrogen-bond acceptors (Lipinski definition) is 10. The van der Waals surface area contributed by atoms with E-state index >= 15 is 0 Å². The Bertz CT molecular complexity index is 2200. The molecule has 0 heterocycles. The van der Waals surface area contributed by atoms with Crippen molar-refractivity contribution in [3.05, 3.63) is 130 Å². The predicted molar refractivity (Wildman–Crippen MR) is 278 cm³/mol. The van der Waals surface area contributed by atoms with E-state index in [1.165, 1.54) is 0 Å². The van der Waals surface area contributed by atoms with Crippen LogP contribution < -0.4 is 21.3 Å². The molecule has 2 aliphatic rings. The van der Waals surface area contributed by atoms with E-state index in [0.717, 1.165) is 33.4 Å². The zero-order valence-electron chi connectivity index (χ0n) is 43.7. The number of rotatable bonds is 26. The molecule has 2 atom stereocenters. The van der Waals surface area contributed by atoms with Crippen LogP contribution >= 0.6 is 0 Å². The van der Waals surface area contributed by atoms with Gasteiger partial charge in [0.15, 0.2) is 23.8 Å². The number of esters is 2. The van der Waals surface area contributed by atoms with Crippen LogP contribution in [0.1, 0.15) is 121 Å². The first kappa shape index (κ1) is 61.0. The maximum atomic E-state index is 13.3. The molecule has 0 radical (unpaired) electrons. The van der Waals surface area contributed by atoms with Gasteiger partial charge in [-0.05, 0) is 87.5 Å². The molecular formula is C56H76N4O12. The highest BCUT2D eigenvalue weighted by Gasteiger charge is 2.41. The summed E-state index contributed by atoms with van der Waals surface area (Å²) in [5.74, 6) is -3.60. The molecule has 16 nitrogen and oxygen atoms in total. The van der Waals surface area contributed by atoms with E-state index in [9.17, 15) is 38.4 Å². The lowest BCUT2D eigenvalue weighted by atomic mass is 9.71. The molecule has 0 bridgehead atoms. The Morgan fingerprint density at radius 2 is 0.833 bits per heavy atom. The number of hydrogen-bond donors (Lipinski definition) is 6. The van der Waals surface area contributed by atoms with Crippen LogP contribution in [-0.2, 0) is 38.2 Å². The number of amides is 4. The van der Waals surface area contributed by atoms with Crippen LogP contribution in [0.25, 0.3) is 0 Å². The fraction of sp³-hybridized carbons (Fsp3) is 0.464. The average molecular weight is 997 g/mol. The summed E-state index contributed by atoms with van der Waals surface area (Å²) in [6.45, 7) is 19.9. The van der Waals surface area contributed by atoms with Crippen LogP contribution in [0.5, 0.6) is 0 Å². The van der Waals surface area contributed by atoms with Gasteiger partial charge in [0.1, 0.15) is 0 Å². The molecule has 0 aliphatic heterocycles. The van der Waals surface area contributed by atoms with E-state index in [2.05, 4.69) is 21.3 Å². The number of carbonyl (C=O) groups is 8. The third kappa shape index (κ3) is 23.2. The van der Waals surface area contributed by atoms with Crippen molar-refractivity contribution in [1.29, 1.82) is 0 Å². The lowest BCUT2D eigenvalue weighted by Gasteiger charge is -2.36. The molecule has 0 saturated heterocycles. The summed E-state index contributed by atoms with van der Waals surface area (Å²) in [6.07, 6.45) is 26.6. The molecule has 0 fully saturated rings. The number of carboxylic acid groups (broad SMARTS) is 2. The molecule has 392 valence electrons. The molecule has 16 heteroatoms. The Kier molecular flexibility index (Phi) is 25.9. The standard InChI is InChI=1S/C56H76N4O12/c1-37(19-13-21-39(3)25-27-43-41(5)51(67)45(35-55(43,7)8)71-49(65)29-33-59-53(69)57-31-15-23-47(61)62)17-11-12-18-38(2)20-14-22-40(4)26-28-44-42(6)52(68)46(36-56(44,9)10)72-50(66)30-34-60-54(70)58-32-16-24-48(63)64/h11-14,17-22,25-28,45-46H,15-16,23-24,29-36H2,1-10H3,(H,61,62)(H,63,64)(H2,57,59,69)(H2,58,60,70). The number of allylic oxidation sites excluding steroid dienone is 20. The fourth-order valence-electron chi connectivity index (χ4n) is 7.76. The second-order valence-corrected chi connectivity index (χ2v) is 19.2. The second-order valence-electron chi connectivity index (χ2n) is 19.2. The van der Waals surface area contributed by atoms with Crippen LogP contribution in [0.15, 0.2) is 130 Å². The van der Waals surface area contributed by atoms with Crippen LogP contribution in [0.3, 0.4) is 0 Å². The zero-order valence-corrected chi connectivity index (χ0v) is 43.7. The highest BCUT2D eigenvalue weighted by Crippen LogP contribution is 2.42. The summed E-state index contributed by atoms with van der Waals surface area (Å²) in [5.41, 5.74) is 5.94. The molecule has 4 amide bonds. The van der Waals surface area contributed by atoms with Gasteiger partial charge in [-0.15, -0.1) is 0 Å². The first-order valence-electron chi connectivity index (χ1n) is 24.3. The first-order chi connectivity index (χ1) is 33.8. The van der Waals surface area contributed by atoms with Gasteiger partial charge in [0.2, 0.25) is 0 Å². The highest BCUT2D eigenvalue weighted by molar-refractivity contribution is 6.02. The van der Waals surface area contributed by atoms with Crippen molar-refractivity contribution in [3.63, 3.8) is 0 Å². The molecule has 0 aromatic rings. The van der Waals surface area contributed by atoms with Crippen molar-refractivity contribution in [2.75, 3.05) is 26.2 Å². The van der Waals surface area contributed by atoms with Gasteiger partial charge in [-0.25, -0.2) is 9.59 Å². The lowest BCUT2D eigenvalue weighted by molar-refractivity contribution is -0.156. The third-order valence-electron chi connectivity index (χ3n) is 11.8. The Hall–Kier alpha value is -7.10. The van der Waals surface area contributed by atoms with Gasteiger partial charge < -0.3 is 41.0 Å². The van der Waals surface area contributed by atoms with Crippen molar-refractivity contribution in [2.45, 2.75) is 133 Å². The topological polar surface area (TPSA) is 244 Å². The van der Waals surface area contributed by atoms with Gasteiger partial charge in [-0.2, -0.15) is 0 Å². The van der Waals surface area contributed by atoms with E-state index < -0.39 is 59.0 Å². The predicted octanol–water partition coefficient (Wildman–Crippen LogP) is 9.12. The Morgan fingerprint density at radius 1 is 0.514 bits per heavy atom. The van der Waals surface area contributed by atoms with Crippen molar-refractivity contribution in [3.8, 4) is 0 Å². The van der Waals surface area contributed by atoms with Crippen molar-refractivity contribution < 1.29 is 58.0 Å². The maximum Gasteiger partial charge on any atom is 0.314 e. The summed E-state index contributed by atoms with van der Waals surface area (Å²) < 4.78 is 11.1. The van der Waals surface area contributed by atoms with Crippen LogP contribution in [0.2, 0.25) is 0 Å². The minimum Gasteiger partial charge on any atom is -0.481 e. The minimum atomic E-state index is -0.947. The van der Waals surface area contributed by atoms with Crippen molar-refractivity contribution >= 4 is 47.5 Å². The Balaban J connectivity index is 1.89. The number of urea groups is 2. The molecule has 0 aromatic heterocycles. The zero-order chi connectivity index (χ0) is 54.0. The van der Waals surface area contributed by atoms with Gasteiger partial charge in [-0.3, -0.25) is 28.8 Å². The molecule has 2 rings (SSSR count). The molecule has 2 aliphatic carbocycles. The molecule has 72 heavy (non-hydrogen) atoms. The number of carbonyl (C=O) groups excluding carboxylic acids is 6. The van der Waals surface area contributed by atoms with E-state index in [4.69, 9.17) is 19.7 Å². The van der Waals surface area contributed by atoms with Gasteiger partial charge in [0.25, 0.3) is 0 Å². The fourth-order valence-corrected chi connectivity index (χ4v) is 7.76. The van der Waals surface area contributed by atoms with Gasteiger partial charge in [0, 0.05) is 51.9 Å². The van der Waals surface area contributed by atoms with E-state index in [1.807, 2.05) is 140 Å². The van der Waals surface area contributed by atoms with E-state index in [0.29, 0.717) is 24.0 Å². The number of ketones is 2. The molecule has 6 N–H and O–H groups in total. The smallest absolute Gasteiger partial charge is 0.314 e. The normalized spacial score (nSPS) is 19.0. The number of aliphatic carboxylic acids is 2. The molecule has 0 aromatic carbocycles. The minimum absolute atomic E-state index is 0.00897. The summed E-state index contributed by atoms with van der Waals surface area (Å²) in [6, 6.07) is -1.03. The molecule has 0 saturated carbocycles. The summed E-state index contributed by atoms with van der Waals surface area (Å²) in [7, 11) is 0. The summed E-state index contributed by atoms with van der Waals surface area (Å²) in [5, 5.41) is 27.5. The summed E-state index contributed by atoms with van der Waals surface area (Å²) in [4.78, 5) is 96.5. The quantitative estimate of drug-likeness (QED) is 0.0270. The summed E-state index contributed by atoms with van der Waals surface area (Å²) >= 11 is 0. The monoisotopic (exact) mass is 997 g/mol. The van der Waals surface area contributed by atoms with Gasteiger partial charge >= 0.3 is 35.9 Å². The Labute approximate surface area is 425 Å². The number of carboxylic acids is 2. The number of ether oxygens (including phenoxy) is 2. The van der Waals surface area contributed by atoms with E-state index in [-0.39, 0.29) is 76.3 Å². The SMILES string of the molecule is CC(C=CC=C(C)C=CC1=C(C)C(=O)C(OC(=O)CCNC(=O)NCCCC(=O)O)CC1(C)C)=CC=CC=C(C)C=CC=C(C)C=CC1=C(C)C(=O)C(OC(=O)CCNC(=O)NCCCC(=O)O)CC1(C)C.